The fourth-order valence-corrected chi connectivity index (χ4v) is 8.13. The molecule has 0 spiro atoms. The minimum absolute atomic E-state index is 0.00442. The number of hydrogen-bond donors (Lipinski definition) is 3. The zero-order chi connectivity index (χ0) is 26.6. The molecule has 1 aliphatic rings. The predicted octanol–water partition coefficient (Wildman–Crippen LogP) is 3.43. The SMILES string of the molecule is CC(=O)Nc1cccc(-c2ccc(C3(CC(=O)NO)CCN(C(=O)c4ccccc4)CCS3(=O)=O)s2)c1. The highest BCUT2D eigenvalue weighted by Gasteiger charge is 2.49. The van der Waals surface area contributed by atoms with Crippen LogP contribution in [0.25, 0.3) is 10.4 Å². The van der Waals surface area contributed by atoms with Crippen LogP contribution < -0.4 is 10.8 Å². The van der Waals surface area contributed by atoms with E-state index in [1.165, 1.54) is 23.2 Å². The number of hydrogen-bond acceptors (Lipinski definition) is 7. The number of anilines is 1. The largest absolute Gasteiger partial charge is 0.338 e. The van der Waals surface area contributed by atoms with Gasteiger partial charge in [0.2, 0.25) is 11.8 Å². The Morgan fingerprint density at radius 3 is 2.49 bits per heavy atom. The summed E-state index contributed by atoms with van der Waals surface area (Å²) in [5.74, 6) is -1.64. The third-order valence-corrected chi connectivity index (χ3v) is 10.4. The molecule has 3 amide bonds. The summed E-state index contributed by atoms with van der Waals surface area (Å²) in [6, 6.07) is 19.2. The number of carbonyl (C=O) groups excluding carboxylic acids is 3. The van der Waals surface area contributed by atoms with E-state index in [4.69, 9.17) is 0 Å². The Hall–Kier alpha value is -3.54. The summed E-state index contributed by atoms with van der Waals surface area (Å²) in [6.07, 6.45) is -0.488. The van der Waals surface area contributed by atoms with E-state index in [1.54, 1.807) is 66.1 Å². The molecule has 194 valence electrons. The van der Waals surface area contributed by atoms with E-state index in [-0.39, 0.29) is 37.1 Å². The van der Waals surface area contributed by atoms with E-state index in [9.17, 15) is 28.0 Å². The molecule has 1 fully saturated rings. The van der Waals surface area contributed by atoms with E-state index in [0.717, 1.165) is 10.4 Å². The van der Waals surface area contributed by atoms with Crippen LogP contribution in [0, 0.1) is 0 Å². The Morgan fingerprint density at radius 2 is 1.78 bits per heavy atom. The smallest absolute Gasteiger partial charge is 0.253 e. The highest BCUT2D eigenvalue weighted by molar-refractivity contribution is 7.92. The first-order valence-corrected chi connectivity index (χ1v) is 14.1. The summed E-state index contributed by atoms with van der Waals surface area (Å²) in [5, 5.41) is 12.0. The molecule has 0 saturated carbocycles. The van der Waals surface area contributed by atoms with Gasteiger partial charge in [0.25, 0.3) is 5.91 Å². The Balaban J connectivity index is 1.71. The van der Waals surface area contributed by atoms with Gasteiger partial charge in [0.05, 0.1) is 12.2 Å². The van der Waals surface area contributed by atoms with Gasteiger partial charge in [0.15, 0.2) is 9.84 Å². The van der Waals surface area contributed by atoms with Crippen molar-refractivity contribution in [2.75, 3.05) is 24.2 Å². The number of sulfone groups is 1. The topological polar surface area (TPSA) is 133 Å². The van der Waals surface area contributed by atoms with Crippen LogP contribution >= 0.6 is 11.3 Å². The van der Waals surface area contributed by atoms with Crippen molar-refractivity contribution in [3.8, 4) is 10.4 Å². The summed E-state index contributed by atoms with van der Waals surface area (Å²) >= 11 is 1.23. The van der Waals surface area contributed by atoms with Gasteiger partial charge in [-0.2, -0.15) is 0 Å². The monoisotopic (exact) mass is 541 g/mol. The van der Waals surface area contributed by atoms with Crippen LogP contribution in [0.15, 0.2) is 66.7 Å². The first kappa shape index (κ1) is 26.5. The number of carbonyl (C=O) groups is 3. The lowest BCUT2D eigenvalue weighted by Crippen LogP contribution is -2.41. The standard InChI is InChI=1S/C26H27N3O6S2/c1-18(30)27-21-9-5-8-20(16-21)22-10-11-23(36-22)26(17-24(31)28-33)12-13-29(14-15-37(26,34)35)25(32)19-6-3-2-4-7-19/h2-11,16,33H,12-15,17H2,1H3,(H,27,30)(H,28,31). The molecule has 3 N–H and O–H groups in total. The van der Waals surface area contributed by atoms with Crippen molar-refractivity contribution in [3.05, 3.63) is 77.2 Å². The van der Waals surface area contributed by atoms with Crippen LogP contribution in [0.5, 0.6) is 0 Å². The zero-order valence-electron chi connectivity index (χ0n) is 20.1. The first-order chi connectivity index (χ1) is 17.6. The van der Waals surface area contributed by atoms with Crippen LogP contribution in [0.3, 0.4) is 0 Å². The Morgan fingerprint density at radius 1 is 1.03 bits per heavy atom. The van der Waals surface area contributed by atoms with Crippen molar-refractivity contribution < 1.29 is 28.0 Å². The number of rotatable bonds is 6. The highest BCUT2D eigenvalue weighted by atomic mass is 32.2. The lowest BCUT2D eigenvalue weighted by molar-refractivity contribution is -0.130. The first-order valence-electron chi connectivity index (χ1n) is 11.6. The normalized spacial score (nSPS) is 19.0. The number of nitrogens with one attached hydrogen (secondary N) is 2. The molecule has 1 aromatic heterocycles. The molecule has 1 unspecified atom stereocenters. The molecule has 4 rings (SSSR count). The molecular weight excluding hydrogens is 514 g/mol. The molecule has 3 aromatic rings. The number of amides is 3. The van der Waals surface area contributed by atoms with Gasteiger partial charge >= 0.3 is 0 Å². The van der Waals surface area contributed by atoms with Crippen molar-refractivity contribution in [2.24, 2.45) is 0 Å². The maximum Gasteiger partial charge on any atom is 0.253 e. The summed E-state index contributed by atoms with van der Waals surface area (Å²) < 4.78 is 25.9. The van der Waals surface area contributed by atoms with E-state index >= 15 is 0 Å². The molecule has 2 heterocycles. The second-order valence-corrected chi connectivity index (χ2v) is 12.4. The Bertz CT molecular complexity index is 1420. The average molecular weight is 542 g/mol. The Kier molecular flexibility index (Phi) is 7.76. The van der Waals surface area contributed by atoms with Crippen LogP contribution in [0.4, 0.5) is 5.69 Å². The Labute approximate surface area is 219 Å². The van der Waals surface area contributed by atoms with Crippen molar-refractivity contribution >= 4 is 44.6 Å². The maximum atomic E-state index is 13.8. The minimum atomic E-state index is -3.93. The van der Waals surface area contributed by atoms with E-state index in [1.807, 2.05) is 6.07 Å². The van der Waals surface area contributed by atoms with Gasteiger partial charge in [0.1, 0.15) is 4.75 Å². The zero-order valence-corrected chi connectivity index (χ0v) is 21.8. The van der Waals surface area contributed by atoms with E-state index < -0.39 is 26.9 Å². The molecule has 37 heavy (non-hydrogen) atoms. The van der Waals surface area contributed by atoms with Crippen LogP contribution in [-0.2, 0) is 24.2 Å². The van der Waals surface area contributed by atoms with Crippen molar-refractivity contribution in [1.82, 2.24) is 10.4 Å². The predicted molar refractivity (Wildman–Crippen MR) is 141 cm³/mol. The molecule has 1 aliphatic heterocycles. The van der Waals surface area contributed by atoms with Gasteiger partial charge in [-0.3, -0.25) is 19.6 Å². The summed E-state index contributed by atoms with van der Waals surface area (Å²) in [7, 11) is -3.93. The van der Waals surface area contributed by atoms with Gasteiger partial charge < -0.3 is 10.2 Å². The van der Waals surface area contributed by atoms with Crippen molar-refractivity contribution in [2.45, 2.75) is 24.5 Å². The summed E-state index contributed by atoms with van der Waals surface area (Å²) in [6.45, 7) is 1.53. The second kappa shape index (κ2) is 10.8. The number of thiophene rings is 1. The number of benzene rings is 2. The third-order valence-electron chi connectivity index (χ3n) is 6.41. The fourth-order valence-electron chi connectivity index (χ4n) is 4.53. The number of hydroxylamine groups is 1. The molecule has 0 radical (unpaired) electrons. The lowest BCUT2D eigenvalue weighted by Gasteiger charge is -2.30. The summed E-state index contributed by atoms with van der Waals surface area (Å²) in [5.41, 5.74) is 3.40. The molecule has 9 nitrogen and oxygen atoms in total. The molecular formula is C26H27N3O6S2. The average Bonchev–Trinajstić information content (AvgIpc) is 3.34. The number of nitrogens with zero attached hydrogens (tertiary/aromatic N) is 1. The van der Waals surface area contributed by atoms with E-state index in [0.29, 0.717) is 16.1 Å². The second-order valence-electron chi connectivity index (χ2n) is 8.86. The van der Waals surface area contributed by atoms with Gasteiger partial charge in [-0.05, 0) is 48.4 Å². The van der Waals surface area contributed by atoms with Gasteiger partial charge in [-0.25, -0.2) is 13.9 Å². The maximum absolute atomic E-state index is 13.8. The van der Waals surface area contributed by atoms with Gasteiger partial charge in [-0.1, -0.05) is 30.3 Å². The van der Waals surface area contributed by atoms with Crippen molar-refractivity contribution in [3.63, 3.8) is 0 Å². The van der Waals surface area contributed by atoms with Crippen LogP contribution in [-0.4, -0.2) is 55.1 Å². The third kappa shape index (κ3) is 5.58. The fraction of sp³-hybridized carbons (Fsp3) is 0.269. The minimum Gasteiger partial charge on any atom is -0.338 e. The lowest BCUT2D eigenvalue weighted by atomic mass is 9.97. The highest BCUT2D eigenvalue weighted by Crippen LogP contribution is 2.45. The van der Waals surface area contributed by atoms with Gasteiger partial charge in [0, 0.05) is 41.0 Å². The van der Waals surface area contributed by atoms with E-state index in [2.05, 4.69) is 5.32 Å². The van der Waals surface area contributed by atoms with Crippen LogP contribution in [0.1, 0.15) is 35.0 Å². The molecule has 11 heteroatoms. The summed E-state index contributed by atoms with van der Waals surface area (Å²) in [4.78, 5) is 39.6. The molecule has 2 aromatic carbocycles. The van der Waals surface area contributed by atoms with Crippen LogP contribution in [0.2, 0.25) is 0 Å². The van der Waals surface area contributed by atoms with Crippen molar-refractivity contribution in [1.29, 1.82) is 0 Å². The molecule has 0 bridgehead atoms. The molecule has 1 saturated heterocycles. The quantitative estimate of drug-likeness (QED) is 0.324. The molecule has 0 aliphatic carbocycles. The van der Waals surface area contributed by atoms with Gasteiger partial charge in [-0.15, -0.1) is 11.3 Å². The molecule has 1 atom stereocenters.